The van der Waals surface area contributed by atoms with Gasteiger partial charge in [0.05, 0.1) is 18.8 Å². The minimum atomic E-state index is -0.467. The Morgan fingerprint density at radius 3 is 2.12 bits per heavy atom. The number of aliphatic hydroxyl groups is 1. The summed E-state index contributed by atoms with van der Waals surface area (Å²) >= 11 is 0. The highest BCUT2D eigenvalue weighted by Gasteiger charge is 2.45. The van der Waals surface area contributed by atoms with Crippen LogP contribution in [0.4, 0.5) is 0 Å². The number of ether oxygens (including phenoxy) is 2. The van der Waals surface area contributed by atoms with E-state index in [1.165, 1.54) is 0 Å². The monoisotopic (exact) mass is 228 g/mol. The fraction of sp³-hybridized carbons (Fsp3) is 1.00. The Kier molecular flexibility index (Phi) is 3.57. The van der Waals surface area contributed by atoms with Crippen LogP contribution in [0.3, 0.4) is 0 Å². The highest BCUT2D eigenvalue weighted by atomic mass is 16.7. The molecule has 0 aromatic carbocycles. The van der Waals surface area contributed by atoms with Gasteiger partial charge in [0.25, 0.3) is 0 Å². The third-order valence-corrected chi connectivity index (χ3v) is 3.94. The van der Waals surface area contributed by atoms with Crippen LogP contribution in [0.5, 0.6) is 0 Å². The molecule has 94 valence electrons. The van der Waals surface area contributed by atoms with Gasteiger partial charge in [-0.15, -0.1) is 0 Å². The summed E-state index contributed by atoms with van der Waals surface area (Å²) in [6.07, 6.45) is 5.36. The highest BCUT2D eigenvalue weighted by molar-refractivity contribution is 4.91. The fourth-order valence-electron chi connectivity index (χ4n) is 2.69. The minimum absolute atomic E-state index is 0.343. The van der Waals surface area contributed by atoms with E-state index in [2.05, 4.69) is 13.8 Å². The topological polar surface area (TPSA) is 38.7 Å². The van der Waals surface area contributed by atoms with Gasteiger partial charge in [-0.1, -0.05) is 13.8 Å². The van der Waals surface area contributed by atoms with Gasteiger partial charge in [0.2, 0.25) is 0 Å². The Balaban J connectivity index is 1.83. The molecule has 0 radical (unpaired) electrons. The van der Waals surface area contributed by atoms with E-state index in [9.17, 15) is 5.11 Å². The zero-order valence-corrected chi connectivity index (χ0v) is 10.5. The standard InChI is InChI=1S/C13H24O3/c1-11(2)3-4-12(14)5-7-13(8-6-12)15-9-10-16-13/h11,14H,3-10H2,1-2H3. The molecular formula is C13H24O3. The summed E-state index contributed by atoms with van der Waals surface area (Å²) in [6.45, 7) is 5.84. The van der Waals surface area contributed by atoms with Crippen molar-refractivity contribution in [2.24, 2.45) is 5.92 Å². The van der Waals surface area contributed by atoms with Crippen LogP contribution < -0.4 is 0 Å². The Bertz CT molecular complexity index is 221. The third-order valence-electron chi connectivity index (χ3n) is 3.94. The van der Waals surface area contributed by atoms with E-state index in [1.54, 1.807) is 0 Å². The van der Waals surface area contributed by atoms with Gasteiger partial charge in [0.15, 0.2) is 5.79 Å². The summed E-state index contributed by atoms with van der Waals surface area (Å²) in [5, 5.41) is 10.5. The van der Waals surface area contributed by atoms with E-state index in [-0.39, 0.29) is 5.79 Å². The molecule has 2 rings (SSSR count). The molecular weight excluding hydrogens is 204 g/mol. The maximum absolute atomic E-state index is 10.5. The van der Waals surface area contributed by atoms with E-state index < -0.39 is 5.60 Å². The highest BCUT2D eigenvalue weighted by Crippen LogP contribution is 2.42. The van der Waals surface area contributed by atoms with Gasteiger partial charge in [-0.2, -0.15) is 0 Å². The number of hydrogen-bond donors (Lipinski definition) is 1. The molecule has 1 heterocycles. The van der Waals surface area contributed by atoms with Crippen LogP contribution in [-0.2, 0) is 9.47 Å². The first-order valence-corrected chi connectivity index (χ1v) is 6.54. The van der Waals surface area contributed by atoms with Gasteiger partial charge < -0.3 is 14.6 Å². The van der Waals surface area contributed by atoms with Gasteiger partial charge in [-0.3, -0.25) is 0 Å². The van der Waals surface area contributed by atoms with Crippen molar-refractivity contribution in [1.82, 2.24) is 0 Å². The third kappa shape index (κ3) is 2.76. The summed E-state index contributed by atoms with van der Waals surface area (Å²) < 4.78 is 11.3. The molecule has 2 fully saturated rings. The zero-order chi connectivity index (χ0) is 11.6. The molecule has 2 aliphatic rings. The molecule has 1 saturated carbocycles. The second-order valence-electron chi connectivity index (χ2n) is 5.76. The van der Waals surface area contributed by atoms with Crippen molar-refractivity contribution in [3.05, 3.63) is 0 Å². The van der Waals surface area contributed by atoms with Gasteiger partial charge in [-0.05, 0) is 31.6 Å². The fourth-order valence-corrected chi connectivity index (χ4v) is 2.69. The number of rotatable bonds is 3. The molecule has 3 heteroatoms. The summed E-state index contributed by atoms with van der Waals surface area (Å²) in [5.41, 5.74) is -0.467. The Labute approximate surface area is 98.1 Å². The minimum Gasteiger partial charge on any atom is -0.390 e. The first-order valence-electron chi connectivity index (χ1n) is 6.54. The van der Waals surface area contributed by atoms with E-state index in [0.717, 1.165) is 38.5 Å². The van der Waals surface area contributed by atoms with Crippen LogP contribution in [0.1, 0.15) is 52.4 Å². The molecule has 0 unspecified atom stereocenters. The predicted octanol–water partition coefficient (Wildman–Crippen LogP) is 2.47. The Morgan fingerprint density at radius 2 is 1.62 bits per heavy atom. The van der Waals surface area contributed by atoms with Crippen molar-refractivity contribution < 1.29 is 14.6 Å². The second kappa shape index (κ2) is 4.63. The lowest BCUT2D eigenvalue weighted by Crippen LogP contribution is -2.43. The van der Waals surface area contributed by atoms with Gasteiger partial charge in [0.1, 0.15) is 0 Å². The SMILES string of the molecule is CC(C)CCC1(O)CCC2(CC1)OCCO2. The van der Waals surface area contributed by atoms with Crippen molar-refractivity contribution in [2.75, 3.05) is 13.2 Å². The Morgan fingerprint density at radius 1 is 1.06 bits per heavy atom. The Hall–Kier alpha value is -0.120. The maximum atomic E-state index is 10.5. The molecule has 1 aliphatic carbocycles. The lowest BCUT2D eigenvalue weighted by atomic mass is 9.78. The van der Waals surface area contributed by atoms with Gasteiger partial charge in [-0.25, -0.2) is 0 Å². The van der Waals surface area contributed by atoms with Gasteiger partial charge >= 0.3 is 0 Å². The molecule has 0 amide bonds. The molecule has 1 spiro atoms. The second-order valence-corrected chi connectivity index (χ2v) is 5.76. The summed E-state index contributed by atoms with van der Waals surface area (Å²) in [5.74, 6) is 0.322. The summed E-state index contributed by atoms with van der Waals surface area (Å²) in [4.78, 5) is 0. The van der Waals surface area contributed by atoms with Crippen molar-refractivity contribution in [2.45, 2.75) is 63.8 Å². The van der Waals surface area contributed by atoms with Crippen molar-refractivity contribution in [3.63, 3.8) is 0 Å². The van der Waals surface area contributed by atoms with E-state index in [0.29, 0.717) is 19.1 Å². The van der Waals surface area contributed by atoms with Crippen LogP contribution in [0.25, 0.3) is 0 Å². The smallest absolute Gasteiger partial charge is 0.168 e. The van der Waals surface area contributed by atoms with Crippen LogP contribution in [-0.4, -0.2) is 29.7 Å². The normalized spacial score (nSPS) is 27.8. The molecule has 0 aromatic rings. The van der Waals surface area contributed by atoms with Crippen LogP contribution in [0.15, 0.2) is 0 Å². The lowest BCUT2D eigenvalue weighted by Gasteiger charge is -2.40. The quantitative estimate of drug-likeness (QED) is 0.806. The van der Waals surface area contributed by atoms with Crippen molar-refractivity contribution >= 4 is 0 Å². The average Bonchev–Trinajstić information content (AvgIpc) is 2.70. The van der Waals surface area contributed by atoms with Gasteiger partial charge in [0, 0.05) is 12.8 Å². The molecule has 3 nitrogen and oxygen atoms in total. The molecule has 0 atom stereocenters. The van der Waals surface area contributed by atoms with E-state index in [1.807, 2.05) is 0 Å². The zero-order valence-electron chi connectivity index (χ0n) is 10.5. The molecule has 1 aliphatic heterocycles. The average molecular weight is 228 g/mol. The molecule has 0 bridgehead atoms. The van der Waals surface area contributed by atoms with Crippen molar-refractivity contribution in [3.8, 4) is 0 Å². The van der Waals surface area contributed by atoms with Crippen molar-refractivity contribution in [1.29, 1.82) is 0 Å². The predicted molar refractivity (Wildman–Crippen MR) is 62.1 cm³/mol. The first-order chi connectivity index (χ1) is 7.54. The molecule has 16 heavy (non-hydrogen) atoms. The molecule has 1 saturated heterocycles. The lowest BCUT2D eigenvalue weighted by molar-refractivity contribution is -0.203. The molecule has 0 aromatic heterocycles. The van der Waals surface area contributed by atoms with Crippen LogP contribution >= 0.6 is 0 Å². The van der Waals surface area contributed by atoms with E-state index in [4.69, 9.17) is 9.47 Å². The van der Waals surface area contributed by atoms with E-state index >= 15 is 0 Å². The summed E-state index contributed by atoms with van der Waals surface area (Å²) in [7, 11) is 0. The largest absolute Gasteiger partial charge is 0.390 e. The maximum Gasteiger partial charge on any atom is 0.168 e. The molecule has 1 N–H and O–H groups in total. The first kappa shape index (κ1) is 12.3. The van der Waals surface area contributed by atoms with Crippen LogP contribution in [0.2, 0.25) is 0 Å². The number of hydrogen-bond acceptors (Lipinski definition) is 3. The summed E-state index contributed by atoms with van der Waals surface area (Å²) in [6, 6.07) is 0. The van der Waals surface area contributed by atoms with Crippen LogP contribution in [0, 0.1) is 5.92 Å².